The standard InChI is InChI=1S/C18H24N6O3/c1-13-9-14(2)11-15(10-13)22-18-16(24(25)26)17(20-12-21-18)19-3-4-23-5-7-27-8-6-23/h9-12H,3-8H2,1-2H3,(H2,19,20,21,22). The van der Waals surface area contributed by atoms with Gasteiger partial charge in [-0.25, -0.2) is 9.97 Å². The molecule has 27 heavy (non-hydrogen) atoms. The lowest BCUT2D eigenvalue weighted by molar-refractivity contribution is -0.383. The van der Waals surface area contributed by atoms with Crippen LogP contribution in [0.25, 0.3) is 0 Å². The third-order valence-corrected chi connectivity index (χ3v) is 4.31. The summed E-state index contributed by atoms with van der Waals surface area (Å²) in [6, 6.07) is 5.88. The highest BCUT2D eigenvalue weighted by atomic mass is 16.6. The van der Waals surface area contributed by atoms with Gasteiger partial charge in [-0.15, -0.1) is 0 Å². The minimum atomic E-state index is -0.456. The van der Waals surface area contributed by atoms with Gasteiger partial charge >= 0.3 is 5.69 Å². The zero-order chi connectivity index (χ0) is 19.2. The van der Waals surface area contributed by atoms with E-state index in [9.17, 15) is 10.1 Å². The van der Waals surface area contributed by atoms with Gasteiger partial charge in [-0.1, -0.05) is 6.07 Å². The topological polar surface area (TPSA) is 105 Å². The third-order valence-electron chi connectivity index (χ3n) is 4.31. The van der Waals surface area contributed by atoms with E-state index in [1.165, 1.54) is 6.33 Å². The number of hydrogen-bond donors (Lipinski definition) is 2. The number of nitrogens with zero attached hydrogens (tertiary/aromatic N) is 4. The Morgan fingerprint density at radius 1 is 1.15 bits per heavy atom. The number of benzene rings is 1. The van der Waals surface area contributed by atoms with Gasteiger partial charge in [0.2, 0.25) is 11.6 Å². The van der Waals surface area contributed by atoms with E-state index in [1.54, 1.807) is 0 Å². The van der Waals surface area contributed by atoms with Gasteiger partial charge in [0.05, 0.1) is 18.1 Å². The highest BCUT2D eigenvalue weighted by Gasteiger charge is 2.23. The summed E-state index contributed by atoms with van der Waals surface area (Å²) in [4.78, 5) is 21.6. The Balaban J connectivity index is 1.74. The van der Waals surface area contributed by atoms with Gasteiger partial charge in [-0.05, 0) is 37.1 Å². The molecule has 1 aliphatic heterocycles. The fraction of sp³-hybridized carbons (Fsp3) is 0.444. The molecule has 2 heterocycles. The smallest absolute Gasteiger partial charge is 0.353 e. The molecule has 0 unspecified atom stereocenters. The molecule has 1 saturated heterocycles. The molecule has 1 aromatic carbocycles. The van der Waals surface area contributed by atoms with Gasteiger partial charge in [0.25, 0.3) is 0 Å². The van der Waals surface area contributed by atoms with Gasteiger partial charge < -0.3 is 15.4 Å². The van der Waals surface area contributed by atoms with Crippen molar-refractivity contribution in [2.45, 2.75) is 13.8 Å². The maximum Gasteiger partial charge on any atom is 0.353 e. The zero-order valence-corrected chi connectivity index (χ0v) is 15.6. The van der Waals surface area contributed by atoms with E-state index in [2.05, 4.69) is 25.5 Å². The first-order chi connectivity index (χ1) is 13.0. The quantitative estimate of drug-likeness (QED) is 0.564. The number of nitro groups is 1. The summed E-state index contributed by atoms with van der Waals surface area (Å²) >= 11 is 0. The lowest BCUT2D eigenvalue weighted by Gasteiger charge is -2.26. The van der Waals surface area contributed by atoms with Crippen LogP contribution < -0.4 is 10.6 Å². The van der Waals surface area contributed by atoms with Crippen LogP contribution in [0.1, 0.15) is 11.1 Å². The molecule has 2 N–H and O–H groups in total. The predicted octanol–water partition coefficient (Wildman–Crippen LogP) is 2.49. The van der Waals surface area contributed by atoms with Crippen molar-refractivity contribution >= 4 is 23.0 Å². The van der Waals surface area contributed by atoms with Crippen molar-refractivity contribution in [3.05, 3.63) is 45.8 Å². The normalized spacial score (nSPS) is 14.7. The molecule has 9 heteroatoms. The zero-order valence-electron chi connectivity index (χ0n) is 15.6. The fourth-order valence-electron chi connectivity index (χ4n) is 3.11. The number of nitrogens with one attached hydrogen (secondary N) is 2. The molecule has 0 radical (unpaired) electrons. The Labute approximate surface area is 157 Å². The Kier molecular flexibility index (Phi) is 6.15. The molecule has 0 atom stereocenters. The van der Waals surface area contributed by atoms with Crippen LogP contribution in [0.2, 0.25) is 0 Å². The van der Waals surface area contributed by atoms with Crippen molar-refractivity contribution in [1.82, 2.24) is 14.9 Å². The maximum atomic E-state index is 11.7. The van der Waals surface area contributed by atoms with Crippen LogP contribution in [0, 0.1) is 24.0 Å². The molecular weight excluding hydrogens is 348 g/mol. The van der Waals surface area contributed by atoms with Crippen molar-refractivity contribution in [2.75, 3.05) is 50.0 Å². The number of aromatic nitrogens is 2. The summed E-state index contributed by atoms with van der Waals surface area (Å²) in [7, 11) is 0. The Hall–Kier alpha value is -2.78. The largest absolute Gasteiger partial charge is 0.379 e. The summed E-state index contributed by atoms with van der Waals surface area (Å²) in [5.74, 6) is 0.393. The lowest BCUT2D eigenvalue weighted by Crippen LogP contribution is -2.39. The first-order valence-electron chi connectivity index (χ1n) is 8.91. The van der Waals surface area contributed by atoms with Gasteiger partial charge in [0.15, 0.2) is 0 Å². The van der Waals surface area contributed by atoms with Crippen LogP contribution in [0.5, 0.6) is 0 Å². The average molecular weight is 372 g/mol. The Morgan fingerprint density at radius 3 is 2.48 bits per heavy atom. The minimum absolute atomic E-state index is 0.154. The molecular formula is C18H24N6O3. The van der Waals surface area contributed by atoms with E-state index < -0.39 is 4.92 Å². The fourth-order valence-corrected chi connectivity index (χ4v) is 3.11. The number of hydrogen-bond acceptors (Lipinski definition) is 8. The second kappa shape index (κ2) is 8.74. The number of ether oxygens (including phenoxy) is 1. The highest BCUT2D eigenvalue weighted by Crippen LogP contribution is 2.31. The summed E-state index contributed by atoms with van der Waals surface area (Å²) in [5.41, 5.74) is 2.74. The average Bonchev–Trinajstić information content (AvgIpc) is 2.61. The van der Waals surface area contributed by atoms with E-state index in [4.69, 9.17) is 4.74 Å². The van der Waals surface area contributed by atoms with Crippen molar-refractivity contribution in [3.63, 3.8) is 0 Å². The van der Waals surface area contributed by atoms with E-state index in [-0.39, 0.29) is 17.3 Å². The molecule has 144 valence electrons. The number of aryl methyl sites for hydroxylation is 2. The van der Waals surface area contributed by atoms with Gasteiger partial charge in [0, 0.05) is 31.9 Å². The summed E-state index contributed by atoms with van der Waals surface area (Å²) in [6.07, 6.45) is 1.33. The molecule has 1 aromatic heterocycles. The summed E-state index contributed by atoms with van der Waals surface area (Å²) in [6.45, 7) is 8.46. The summed E-state index contributed by atoms with van der Waals surface area (Å²) < 4.78 is 5.32. The van der Waals surface area contributed by atoms with E-state index in [0.717, 1.165) is 49.7 Å². The van der Waals surface area contributed by atoms with Gasteiger partial charge in [0.1, 0.15) is 6.33 Å². The Morgan fingerprint density at radius 2 is 1.81 bits per heavy atom. The van der Waals surface area contributed by atoms with E-state index >= 15 is 0 Å². The molecule has 0 saturated carbocycles. The van der Waals surface area contributed by atoms with Crippen LogP contribution in [0.15, 0.2) is 24.5 Å². The van der Waals surface area contributed by atoms with Gasteiger partial charge in [-0.2, -0.15) is 0 Å². The molecule has 1 fully saturated rings. The van der Waals surface area contributed by atoms with Crippen LogP contribution in [0.4, 0.5) is 23.0 Å². The monoisotopic (exact) mass is 372 g/mol. The molecule has 9 nitrogen and oxygen atoms in total. The van der Waals surface area contributed by atoms with Crippen molar-refractivity contribution in [2.24, 2.45) is 0 Å². The van der Waals surface area contributed by atoms with Crippen molar-refractivity contribution < 1.29 is 9.66 Å². The third kappa shape index (κ3) is 5.11. The lowest BCUT2D eigenvalue weighted by atomic mass is 10.1. The first kappa shape index (κ1) is 19.0. The second-order valence-electron chi connectivity index (χ2n) is 6.56. The minimum Gasteiger partial charge on any atom is -0.379 e. The number of rotatable bonds is 7. The second-order valence-corrected chi connectivity index (χ2v) is 6.56. The van der Waals surface area contributed by atoms with Crippen molar-refractivity contribution in [1.29, 1.82) is 0 Å². The Bertz CT molecular complexity index is 787. The highest BCUT2D eigenvalue weighted by molar-refractivity contribution is 5.74. The molecule has 0 bridgehead atoms. The maximum absolute atomic E-state index is 11.7. The molecule has 2 aromatic rings. The SMILES string of the molecule is Cc1cc(C)cc(Nc2ncnc(NCCN3CCOCC3)c2[N+](=O)[O-])c1. The molecule has 0 spiro atoms. The number of morpholine rings is 1. The van der Waals surface area contributed by atoms with Gasteiger partial charge in [-0.3, -0.25) is 15.0 Å². The van der Waals surface area contributed by atoms with E-state index in [0.29, 0.717) is 6.54 Å². The molecule has 0 aliphatic carbocycles. The number of anilines is 3. The van der Waals surface area contributed by atoms with Crippen molar-refractivity contribution in [3.8, 4) is 0 Å². The predicted molar refractivity (Wildman–Crippen MR) is 104 cm³/mol. The molecule has 0 amide bonds. The van der Waals surface area contributed by atoms with Crippen LogP contribution in [0.3, 0.4) is 0 Å². The van der Waals surface area contributed by atoms with E-state index in [1.807, 2.05) is 32.0 Å². The van der Waals surface area contributed by atoms with Crippen LogP contribution in [-0.2, 0) is 4.74 Å². The van der Waals surface area contributed by atoms with Crippen LogP contribution >= 0.6 is 0 Å². The molecule has 1 aliphatic rings. The molecule has 3 rings (SSSR count). The van der Waals surface area contributed by atoms with Crippen LogP contribution in [-0.4, -0.2) is 59.2 Å². The summed E-state index contributed by atoms with van der Waals surface area (Å²) in [5, 5.41) is 17.8. The first-order valence-corrected chi connectivity index (χ1v) is 8.91.